The lowest BCUT2D eigenvalue weighted by molar-refractivity contribution is 0.102. The van der Waals surface area contributed by atoms with Crippen LogP contribution in [0.25, 0.3) is 21.3 Å². The van der Waals surface area contributed by atoms with E-state index in [0.717, 1.165) is 15.8 Å². The van der Waals surface area contributed by atoms with Crippen molar-refractivity contribution in [2.24, 2.45) is 0 Å². The summed E-state index contributed by atoms with van der Waals surface area (Å²) < 4.78 is 11.3. The first-order valence-corrected chi connectivity index (χ1v) is 8.60. The van der Waals surface area contributed by atoms with E-state index in [0.29, 0.717) is 22.4 Å². The van der Waals surface area contributed by atoms with E-state index in [1.807, 2.05) is 30.3 Å². The molecule has 0 atom stereocenters. The van der Waals surface area contributed by atoms with Crippen molar-refractivity contribution in [2.75, 3.05) is 12.4 Å². The third-order valence-electron chi connectivity index (χ3n) is 3.74. The van der Waals surface area contributed by atoms with Gasteiger partial charge in [0.1, 0.15) is 11.8 Å². The molecule has 0 unspecified atom stereocenters. The molecule has 0 aliphatic rings. The van der Waals surface area contributed by atoms with Crippen molar-refractivity contribution in [3.05, 3.63) is 54.4 Å². The Morgan fingerprint density at radius 2 is 2.04 bits per heavy atom. The van der Waals surface area contributed by atoms with E-state index in [1.54, 1.807) is 20.2 Å². The molecule has 1 N–H and O–H groups in total. The van der Waals surface area contributed by atoms with Gasteiger partial charge in [-0.3, -0.25) is 10.1 Å². The fourth-order valence-electron chi connectivity index (χ4n) is 2.55. The molecular weight excluding hydrogens is 352 g/mol. The number of aryl methyl sites for hydroxylation is 1. The monoisotopic (exact) mass is 366 g/mol. The molecule has 4 rings (SSSR count). The minimum Gasteiger partial charge on any atom is -0.479 e. The van der Waals surface area contributed by atoms with E-state index in [1.165, 1.54) is 17.6 Å². The molecular formula is C18H14N4O3S. The van der Waals surface area contributed by atoms with E-state index in [2.05, 4.69) is 20.3 Å². The number of methoxy groups -OCH3 is 1. The Kier molecular flexibility index (Phi) is 4.10. The fourth-order valence-corrected chi connectivity index (χ4v) is 3.53. The number of nitrogens with one attached hydrogen (secondary N) is 1. The number of oxazole rings is 1. The number of hydrogen-bond acceptors (Lipinski definition) is 7. The van der Waals surface area contributed by atoms with Crippen LogP contribution in [-0.2, 0) is 0 Å². The Morgan fingerprint density at radius 1 is 1.23 bits per heavy atom. The van der Waals surface area contributed by atoms with Crippen molar-refractivity contribution in [1.29, 1.82) is 0 Å². The highest BCUT2D eigenvalue weighted by Gasteiger charge is 2.18. The number of benzene rings is 1. The number of aromatic nitrogens is 3. The zero-order chi connectivity index (χ0) is 18.1. The van der Waals surface area contributed by atoms with Gasteiger partial charge in [-0.25, -0.2) is 15.0 Å². The van der Waals surface area contributed by atoms with Crippen molar-refractivity contribution < 1.29 is 13.9 Å². The first-order chi connectivity index (χ1) is 12.7. The topological polar surface area (TPSA) is 90.1 Å². The summed E-state index contributed by atoms with van der Waals surface area (Å²) >= 11 is 1.36. The Bertz CT molecular complexity index is 1090. The van der Waals surface area contributed by atoms with Crippen LogP contribution in [0, 0.1) is 6.92 Å². The van der Waals surface area contributed by atoms with E-state index in [-0.39, 0.29) is 11.6 Å². The summed E-state index contributed by atoms with van der Waals surface area (Å²) in [5.41, 5.74) is 2.75. The number of anilines is 1. The third kappa shape index (κ3) is 2.91. The summed E-state index contributed by atoms with van der Waals surface area (Å²) in [6.45, 7) is 1.68. The molecule has 0 saturated heterocycles. The van der Waals surface area contributed by atoms with Gasteiger partial charge in [0.2, 0.25) is 5.88 Å². The Labute approximate surface area is 152 Å². The smallest absolute Gasteiger partial charge is 0.279 e. The molecule has 1 aromatic carbocycles. The van der Waals surface area contributed by atoms with E-state index >= 15 is 0 Å². The zero-order valence-electron chi connectivity index (χ0n) is 14.0. The lowest BCUT2D eigenvalue weighted by Gasteiger charge is -2.04. The highest BCUT2D eigenvalue weighted by atomic mass is 32.1. The Morgan fingerprint density at radius 3 is 2.73 bits per heavy atom. The summed E-state index contributed by atoms with van der Waals surface area (Å²) in [4.78, 5) is 25.1. The second kappa shape index (κ2) is 6.57. The average Bonchev–Trinajstić information content (AvgIpc) is 3.27. The molecule has 0 aliphatic carbocycles. The number of rotatable bonds is 4. The zero-order valence-corrected chi connectivity index (χ0v) is 14.8. The second-order valence-corrected chi connectivity index (χ2v) is 6.45. The summed E-state index contributed by atoms with van der Waals surface area (Å²) in [7, 11) is 1.54. The van der Waals surface area contributed by atoms with Gasteiger partial charge in [0.05, 0.1) is 11.8 Å². The van der Waals surface area contributed by atoms with Gasteiger partial charge < -0.3 is 9.15 Å². The molecule has 0 aliphatic heterocycles. The van der Waals surface area contributed by atoms with Crippen LogP contribution in [0.3, 0.4) is 0 Å². The number of amides is 1. The molecule has 0 fully saturated rings. The predicted molar refractivity (Wildman–Crippen MR) is 98.6 cm³/mol. The minimum absolute atomic E-state index is 0.204. The molecule has 0 spiro atoms. The van der Waals surface area contributed by atoms with Crippen molar-refractivity contribution in [3.8, 4) is 17.0 Å². The second-order valence-electron chi connectivity index (χ2n) is 5.45. The van der Waals surface area contributed by atoms with E-state index < -0.39 is 0 Å². The molecule has 8 heteroatoms. The molecule has 1 amide bonds. The van der Waals surface area contributed by atoms with Crippen molar-refractivity contribution in [2.45, 2.75) is 6.92 Å². The Balaban J connectivity index is 1.76. The van der Waals surface area contributed by atoms with Crippen molar-refractivity contribution >= 4 is 32.6 Å². The average molecular weight is 366 g/mol. The summed E-state index contributed by atoms with van der Waals surface area (Å²) in [5, 5.41) is 3.19. The molecule has 3 heterocycles. The highest BCUT2D eigenvalue weighted by Crippen LogP contribution is 2.38. The van der Waals surface area contributed by atoms with Crippen LogP contribution in [-0.4, -0.2) is 28.0 Å². The SMILES string of the molecule is COc1ncc(-c2ccccc2)c2sc(NC(=O)c3coc(C)n3)nc12. The quantitative estimate of drug-likeness (QED) is 0.589. The van der Waals surface area contributed by atoms with Gasteiger partial charge in [0.25, 0.3) is 5.91 Å². The van der Waals surface area contributed by atoms with Crippen LogP contribution >= 0.6 is 11.3 Å². The van der Waals surface area contributed by atoms with Crippen LogP contribution in [0.2, 0.25) is 0 Å². The molecule has 0 saturated carbocycles. The fraction of sp³-hybridized carbons (Fsp3) is 0.111. The number of carbonyl (C=O) groups is 1. The maximum atomic E-state index is 12.3. The third-order valence-corrected chi connectivity index (χ3v) is 4.74. The van der Waals surface area contributed by atoms with Crippen LogP contribution in [0.4, 0.5) is 5.13 Å². The molecule has 130 valence electrons. The van der Waals surface area contributed by atoms with Crippen molar-refractivity contribution in [1.82, 2.24) is 15.0 Å². The molecule has 26 heavy (non-hydrogen) atoms. The summed E-state index contributed by atoms with van der Waals surface area (Å²) in [5.74, 6) is 0.458. The molecule has 7 nitrogen and oxygen atoms in total. The standard InChI is InChI=1S/C18H14N4O3S/c1-10-20-13(9-25-10)16(23)22-18-21-14-15(26-18)12(8-19-17(14)24-2)11-6-4-3-5-7-11/h3-9H,1-2H3,(H,21,22,23). The van der Waals surface area contributed by atoms with Gasteiger partial charge in [-0.15, -0.1) is 0 Å². The van der Waals surface area contributed by atoms with E-state index in [9.17, 15) is 4.79 Å². The number of ether oxygens (including phenoxy) is 1. The van der Waals surface area contributed by atoms with Gasteiger partial charge in [0.15, 0.2) is 16.7 Å². The number of pyridine rings is 1. The van der Waals surface area contributed by atoms with Gasteiger partial charge >= 0.3 is 0 Å². The lowest BCUT2D eigenvalue weighted by Crippen LogP contribution is -2.12. The molecule has 0 radical (unpaired) electrons. The van der Waals surface area contributed by atoms with Gasteiger partial charge in [-0.1, -0.05) is 41.7 Å². The number of carbonyl (C=O) groups excluding carboxylic acids is 1. The maximum Gasteiger partial charge on any atom is 0.279 e. The van der Waals surface area contributed by atoms with Crippen LogP contribution in [0.1, 0.15) is 16.4 Å². The Hall–Kier alpha value is -3.26. The van der Waals surface area contributed by atoms with Gasteiger partial charge in [0, 0.05) is 18.7 Å². The largest absolute Gasteiger partial charge is 0.479 e. The summed E-state index contributed by atoms with van der Waals surface area (Å²) in [6.07, 6.45) is 3.07. The predicted octanol–water partition coefficient (Wildman–Crippen LogP) is 3.92. The number of thiazole rings is 1. The van der Waals surface area contributed by atoms with Crippen LogP contribution in [0.5, 0.6) is 5.88 Å². The normalized spacial score (nSPS) is 10.8. The molecule has 0 bridgehead atoms. The number of nitrogens with zero attached hydrogens (tertiary/aromatic N) is 3. The molecule has 3 aromatic heterocycles. The lowest BCUT2D eigenvalue weighted by atomic mass is 10.1. The minimum atomic E-state index is -0.380. The maximum absolute atomic E-state index is 12.3. The summed E-state index contributed by atoms with van der Waals surface area (Å²) in [6, 6.07) is 9.87. The molecule has 4 aromatic rings. The van der Waals surface area contributed by atoms with E-state index in [4.69, 9.17) is 9.15 Å². The van der Waals surface area contributed by atoms with Crippen molar-refractivity contribution in [3.63, 3.8) is 0 Å². The van der Waals surface area contributed by atoms with Gasteiger partial charge in [-0.05, 0) is 5.56 Å². The first kappa shape index (κ1) is 16.2. The van der Waals surface area contributed by atoms with Gasteiger partial charge in [-0.2, -0.15) is 0 Å². The highest BCUT2D eigenvalue weighted by molar-refractivity contribution is 7.23. The van der Waals surface area contributed by atoms with Crippen LogP contribution in [0.15, 0.2) is 47.2 Å². The van der Waals surface area contributed by atoms with Crippen LogP contribution < -0.4 is 10.1 Å². The number of hydrogen-bond donors (Lipinski definition) is 1. The first-order valence-electron chi connectivity index (χ1n) is 7.78. The number of fused-ring (bicyclic) bond motifs is 1.